The Morgan fingerprint density at radius 2 is 1.87 bits per heavy atom. The molecule has 0 atom stereocenters. The first-order chi connectivity index (χ1) is 14.2. The molecule has 0 aliphatic carbocycles. The third-order valence-corrected chi connectivity index (χ3v) is 4.75. The molecule has 0 radical (unpaired) electrons. The number of nitrogens with zero attached hydrogens (tertiary/aromatic N) is 4. The molecule has 7 nitrogen and oxygen atoms in total. The lowest BCUT2D eigenvalue weighted by atomic mass is 10.1. The van der Waals surface area contributed by atoms with Crippen LogP contribution in [0.15, 0.2) is 35.5 Å². The monoisotopic (exact) mass is 412 g/mol. The summed E-state index contributed by atoms with van der Waals surface area (Å²) in [6, 6.07) is 7.85. The van der Waals surface area contributed by atoms with Crippen molar-refractivity contribution < 1.29 is 4.79 Å². The van der Waals surface area contributed by atoms with Crippen LogP contribution in [0.25, 0.3) is 0 Å². The third kappa shape index (κ3) is 6.61. The van der Waals surface area contributed by atoms with Crippen LogP contribution in [0.5, 0.6) is 0 Å². The Morgan fingerprint density at radius 3 is 2.43 bits per heavy atom. The molecule has 0 saturated carbocycles. The average Bonchev–Trinajstić information content (AvgIpc) is 3.06. The van der Waals surface area contributed by atoms with E-state index in [0.29, 0.717) is 12.5 Å². The summed E-state index contributed by atoms with van der Waals surface area (Å²) in [6.45, 7) is 12.3. The molecule has 2 N–H and O–H groups in total. The van der Waals surface area contributed by atoms with Crippen LogP contribution >= 0.6 is 0 Å². The van der Waals surface area contributed by atoms with Gasteiger partial charge in [0, 0.05) is 50.6 Å². The second-order valence-corrected chi connectivity index (χ2v) is 8.24. The van der Waals surface area contributed by atoms with Crippen molar-refractivity contribution in [2.24, 2.45) is 18.0 Å². The van der Waals surface area contributed by atoms with E-state index in [2.05, 4.69) is 47.6 Å². The van der Waals surface area contributed by atoms with Gasteiger partial charge in [0.05, 0.1) is 12.2 Å². The summed E-state index contributed by atoms with van der Waals surface area (Å²) in [5.74, 6) is 1.22. The number of aliphatic imine (C=N–C) groups is 1. The lowest BCUT2D eigenvalue weighted by molar-refractivity contribution is -0.118. The van der Waals surface area contributed by atoms with Gasteiger partial charge in [0.1, 0.15) is 0 Å². The average molecular weight is 413 g/mol. The maximum atomic E-state index is 11.8. The van der Waals surface area contributed by atoms with E-state index in [9.17, 15) is 4.79 Å². The van der Waals surface area contributed by atoms with Gasteiger partial charge in [-0.15, -0.1) is 0 Å². The largest absolute Gasteiger partial charge is 0.357 e. The number of anilines is 1. The number of carbonyl (C=O) groups excluding carboxylic acids is 1. The van der Waals surface area contributed by atoms with E-state index in [1.807, 2.05) is 56.9 Å². The number of guanidine groups is 1. The van der Waals surface area contributed by atoms with E-state index in [4.69, 9.17) is 4.99 Å². The molecule has 0 aliphatic heterocycles. The van der Waals surface area contributed by atoms with E-state index in [0.717, 1.165) is 36.0 Å². The van der Waals surface area contributed by atoms with E-state index >= 15 is 0 Å². The molecule has 2 aromatic rings. The van der Waals surface area contributed by atoms with E-state index < -0.39 is 0 Å². The Morgan fingerprint density at radius 1 is 1.20 bits per heavy atom. The Bertz CT molecular complexity index is 851. The second kappa shape index (κ2) is 10.8. The summed E-state index contributed by atoms with van der Waals surface area (Å²) in [5.41, 5.74) is 4.24. The van der Waals surface area contributed by atoms with Crippen LogP contribution in [0, 0.1) is 5.92 Å². The Labute approximate surface area is 180 Å². The first-order valence-corrected chi connectivity index (χ1v) is 10.6. The van der Waals surface area contributed by atoms with E-state index in [-0.39, 0.29) is 11.8 Å². The topological polar surface area (TPSA) is 74.6 Å². The van der Waals surface area contributed by atoms with Gasteiger partial charge in [0.25, 0.3) is 0 Å². The Balaban J connectivity index is 2.07. The Kier molecular flexibility index (Phi) is 8.45. The van der Waals surface area contributed by atoms with Gasteiger partial charge in [-0.3, -0.25) is 9.48 Å². The lowest BCUT2D eigenvalue weighted by Crippen LogP contribution is -2.38. The van der Waals surface area contributed by atoms with Crippen LogP contribution in [0.2, 0.25) is 0 Å². The molecule has 0 spiro atoms. The molecule has 2 rings (SSSR count). The Hall–Kier alpha value is -2.83. The van der Waals surface area contributed by atoms with Gasteiger partial charge in [-0.05, 0) is 30.5 Å². The molecular formula is C23H36N6O. The van der Waals surface area contributed by atoms with Gasteiger partial charge in [-0.2, -0.15) is 5.10 Å². The standard InChI is InChI=1S/C23H36N6O/c1-8-24-23(28(6)14-19-15-29(7)27-21(19)16(2)3)25-13-18-9-11-20(12-10-18)26-22(30)17(4)5/h9-12,15-17H,8,13-14H2,1-7H3,(H,24,25)(H,26,30). The highest BCUT2D eigenvalue weighted by Crippen LogP contribution is 2.19. The molecule has 1 aromatic carbocycles. The van der Waals surface area contributed by atoms with Crippen molar-refractivity contribution in [3.63, 3.8) is 0 Å². The minimum absolute atomic E-state index is 0.0213. The van der Waals surface area contributed by atoms with Crippen molar-refractivity contribution in [1.82, 2.24) is 20.0 Å². The van der Waals surface area contributed by atoms with Crippen LogP contribution in [-0.4, -0.2) is 40.1 Å². The van der Waals surface area contributed by atoms with Gasteiger partial charge in [-0.25, -0.2) is 4.99 Å². The number of amides is 1. The van der Waals surface area contributed by atoms with Gasteiger partial charge < -0.3 is 15.5 Å². The molecule has 0 aliphatic rings. The molecule has 1 heterocycles. The first kappa shape index (κ1) is 23.4. The van der Waals surface area contributed by atoms with Gasteiger partial charge in [0.2, 0.25) is 5.91 Å². The summed E-state index contributed by atoms with van der Waals surface area (Å²) in [4.78, 5) is 18.7. The number of rotatable bonds is 8. The highest BCUT2D eigenvalue weighted by Gasteiger charge is 2.15. The lowest BCUT2D eigenvalue weighted by Gasteiger charge is -2.22. The molecule has 30 heavy (non-hydrogen) atoms. The number of benzene rings is 1. The molecule has 1 aromatic heterocycles. The van der Waals surface area contributed by atoms with Crippen molar-refractivity contribution in [1.29, 1.82) is 0 Å². The maximum absolute atomic E-state index is 11.8. The SMILES string of the molecule is CCNC(=NCc1ccc(NC(=O)C(C)C)cc1)N(C)Cc1cn(C)nc1C(C)C. The highest BCUT2D eigenvalue weighted by molar-refractivity contribution is 5.92. The number of hydrogen-bond donors (Lipinski definition) is 2. The molecule has 0 fully saturated rings. The quantitative estimate of drug-likeness (QED) is 0.512. The van der Waals surface area contributed by atoms with Crippen LogP contribution < -0.4 is 10.6 Å². The predicted molar refractivity (Wildman–Crippen MR) is 123 cm³/mol. The molecule has 0 bridgehead atoms. The van der Waals surface area contributed by atoms with Gasteiger partial charge in [-0.1, -0.05) is 39.8 Å². The van der Waals surface area contributed by atoms with Crippen LogP contribution in [0.1, 0.15) is 57.4 Å². The molecule has 0 saturated heterocycles. The summed E-state index contributed by atoms with van der Waals surface area (Å²) >= 11 is 0. The zero-order valence-corrected chi connectivity index (χ0v) is 19.4. The zero-order valence-electron chi connectivity index (χ0n) is 19.4. The first-order valence-electron chi connectivity index (χ1n) is 10.6. The van der Waals surface area contributed by atoms with Crippen LogP contribution in [-0.2, 0) is 24.9 Å². The van der Waals surface area contributed by atoms with Crippen LogP contribution in [0.3, 0.4) is 0 Å². The van der Waals surface area contributed by atoms with E-state index in [1.54, 1.807) is 0 Å². The van der Waals surface area contributed by atoms with Crippen LogP contribution in [0.4, 0.5) is 5.69 Å². The second-order valence-electron chi connectivity index (χ2n) is 8.24. The zero-order chi connectivity index (χ0) is 22.3. The summed E-state index contributed by atoms with van der Waals surface area (Å²) in [6.07, 6.45) is 2.08. The molecule has 0 unspecified atom stereocenters. The van der Waals surface area contributed by atoms with Crippen molar-refractivity contribution in [2.75, 3.05) is 18.9 Å². The number of hydrogen-bond acceptors (Lipinski definition) is 3. The number of aromatic nitrogens is 2. The minimum Gasteiger partial charge on any atom is -0.357 e. The fraction of sp³-hybridized carbons (Fsp3) is 0.522. The molecule has 1 amide bonds. The number of nitrogens with one attached hydrogen (secondary N) is 2. The fourth-order valence-corrected chi connectivity index (χ4v) is 3.11. The molecule has 7 heteroatoms. The smallest absolute Gasteiger partial charge is 0.226 e. The normalized spacial score (nSPS) is 11.8. The van der Waals surface area contributed by atoms with Crippen molar-refractivity contribution in [2.45, 2.75) is 53.6 Å². The number of carbonyl (C=O) groups is 1. The van der Waals surface area contributed by atoms with Crippen molar-refractivity contribution in [3.8, 4) is 0 Å². The summed E-state index contributed by atoms with van der Waals surface area (Å²) in [5, 5.41) is 10.9. The summed E-state index contributed by atoms with van der Waals surface area (Å²) < 4.78 is 1.88. The fourth-order valence-electron chi connectivity index (χ4n) is 3.11. The van der Waals surface area contributed by atoms with Crippen molar-refractivity contribution >= 4 is 17.6 Å². The van der Waals surface area contributed by atoms with Gasteiger partial charge >= 0.3 is 0 Å². The van der Waals surface area contributed by atoms with E-state index in [1.165, 1.54) is 5.56 Å². The highest BCUT2D eigenvalue weighted by atomic mass is 16.1. The number of aryl methyl sites for hydroxylation is 1. The minimum atomic E-state index is -0.0384. The van der Waals surface area contributed by atoms with Gasteiger partial charge in [0.15, 0.2) is 5.96 Å². The van der Waals surface area contributed by atoms with Crippen molar-refractivity contribution in [3.05, 3.63) is 47.3 Å². The predicted octanol–water partition coefficient (Wildman–Crippen LogP) is 3.74. The summed E-state index contributed by atoms with van der Waals surface area (Å²) in [7, 11) is 4.01. The maximum Gasteiger partial charge on any atom is 0.226 e. The molecular weight excluding hydrogens is 376 g/mol. The molecule has 164 valence electrons. The third-order valence-electron chi connectivity index (χ3n) is 4.75.